The zero-order chi connectivity index (χ0) is 14.3. The molecule has 0 saturated carbocycles. The Morgan fingerprint density at radius 1 is 1.53 bits per heavy atom. The molecule has 0 aliphatic carbocycles. The van der Waals surface area contributed by atoms with Gasteiger partial charge in [0.2, 0.25) is 5.91 Å². The molecule has 1 atom stereocenters. The molecule has 0 aromatic heterocycles. The van der Waals surface area contributed by atoms with E-state index in [0.717, 1.165) is 45.3 Å². The minimum atomic E-state index is -0.412. The molecule has 0 aromatic carbocycles. The van der Waals surface area contributed by atoms with Crippen LogP contribution in [0.4, 0.5) is 0 Å². The lowest BCUT2D eigenvalue weighted by molar-refractivity contribution is -0.119. The van der Waals surface area contributed by atoms with E-state index in [1.165, 1.54) is 0 Å². The van der Waals surface area contributed by atoms with Crippen molar-refractivity contribution in [3.8, 4) is 6.07 Å². The maximum absolute atomic E-state index is 10.9. The summed E-state index contributed by atoms with van der Waals surface area (Å²) < 4.78 is 0. The van der Waals surface area contributed by atoms with Crippen LogP contribution in [0.5, 0.6) is 0 Å². The normalized spacial score (nSPS) is 20.7. The number of hydrogen-bond donors (Lipinski definition) is 2. The fourth-order valence-electron chi connectivity index (χ4n) is 2.59. The van der Waals surface area contributed by atoms with E-state index >= 15 is 0 Å². The van der Waals surface area contributed by atoms with Crippen LogP contribution in [0.15, 0.2) is 0 Å². The van der Waals surface area contributed by atoms with Crippen molar-refractivity contribution in [3.05, 3.63) is 0 Å². The molecule has 1 unspecified atom stereocenters. The van der Waals surface area contributed by atoms with Gasteiger partial charge in [-0.05, 0) is 65.2 Å². The first kappa shape index (κ1) is 15.9. The van der Waals surface area contributed by atoms with Crippen molar-refractivity contribution in [1.29, 1.82) is 5.26 Å². The Kier molecular flexibility index (Phi) is 6.26. The second kappa shape index (κ2) is 7.46. The van der Waals surface area contributed by atoms with Gasteiger partial charge in [-0.1, -0.05) is 0 Å². The highest BCUT2D eigenvalue weighted by molar-refractivity contribution is 5.73. The highest BCUT2D eigenvalue weighted by atomic mass is 16.1. The average Bonchev–Trinajstić information content (AvgIpc) is 2.40. The number of carbonyl (C=O) groups excluding carboxylic acids is 1. The first-order chi connectivity index (χ1) is 8.99. The molecule has 0 radical (unpaired) electrons. The van der Waals surface area contributed by atoms with E-state index in [9.17, 15) is 4.79 Å². The van der Waals surface area contributed by atoms with Gasteiger partial charge in [0.15, 0.2) is 0 Å². The third-order valence-electron chi connectivity index (χ3n) is 4.15. The molecular formula is C14H26N4O. The molecule has 0 bridgehead atoms. The second-order valence-electron chi connectivity index (χ2n) is 5.75. The van der Waals surface area contributed by atoms with E-state index in [1.54, 1.807) is 0 Å². The van der Waals surface area contributed by atoms with Gasteiger partial charge >= 0.3 is 0 Å². The highest BCUT2D eigenvalue weighted by Gasteiger charge is 2.23. The van der Waals surface area contributed by atoms with E-state index < -0.39 is 5.54 Å². The van der Waals surface area contributed by atoms with Crippen LogP contribution in [0.3, 0.4) is 0 Å². The van der Waals surface area contributed by atoms with Crippen LogP contribution in [0, 0.1) is 17.2 Å². The molecule has 1 amide bonds. The van der Waals surface area contributed by atoms with Crippen molar-refractivity contribution in [2.75, 3.05) is 26.7 Å². The molecule has 108 valence electrons. The van der Waals surface area contributed by atoms with Gasteiger partial charge in [-0.15, -0.1) is 0 Å². The summed E-state index contributed by atoms with van der Waals surface area (Å²) in [6.07, 6.45) is 4.53. The molecule has 0 aromatic rings. The van der Waals surface area contributed by atoms with E-state index in [4.69, 9.17) is 11.0 Å². The van der Waals surface area contributed by atoms with Crippen LogP contribution in [0.25, 0.3) is 0 Å². The SMILES string of the molecule is CNC(C)(C#N)CCCN1CCC(CC(N)=O)CC1. The molecule has 5 nitrogen and oxygen atoms in total. The predicted molar refractivity (Wildman–Crippen MR) is 75.3 cm³/mol. The van der Waals surface area contributed by atoms with E-state index in [0.29, 0.717) is 12.3 Å². The topological polar surface area (TPSA) is 82.2 Å². The Balaban J connectivity index is 2.20. The van der Waals surface area contributed by atoms with Crippen LogP contribution in [0.1, 0.15) is 39.0 Å². The quantitative estimate of drug-likeness (QED) is 0.716. The molecule has 19 heavy (non-hydrogen) atoms. The van der Waals surface area contributed by atoms with Crippen molar-refractivity contribution in [3.63, 3.8) is 0 Å². The zero-order valence-electron chi connectivity index (χ0n) is 12.1. The Hall–Kier alpha value is -1.12. The fourth-order valence-corrected chi connectivity index (χ4v) is 2.59. The van der Waals surface area contributed by atoms with Crippen molar-refractivity contribution >= 4 is 5.91 Å². The molecule has 1 heterocycles. The predicted octanol–water partition coefficient (Wildman–Crippen LogP) is 0.856. The summed E-state index contributed by atoms with van der Waals surface area (Å²) in [5, 5.41) is 12.1. The molecule has 0 spiro atoms. The number of piperidine rings is 1. The Bertz CT molecular complexity index is 331. The summed E-state index contributed by atoms with van der Waals surface area (Å²) in [4.78, 5) is 13.3. The molecule has 1 fully saturated rings. The summed E-state index contributed by atoms with van der Waals surface area (Å²) in [6.45, 7) is 5.05. The van der Waals surface area contributed by atoms with Gasteiger partial charge in [0, 0.05) is 6.42 Å². The van der Waals surface area contributed by atoms with Crippen LogP contribution in [-0.4, -0.2) is 43.0 Å². The maximum atomic E-state index is 10.9. The number of nitrogens with zero attached hydrogens (tertiary/aromatic N) is 2. The highest BCUT2D eigenvalue weighted by Crippen LogP contribution is 2.21. The Labute approximate surface area is 116 Å². The molecule has 3 N–H and O–H groups in total. The average molecular weight is 266 g/mol. The van der Waals surface area contributed by atoms with Gasteiger partial charge in [-0.2, -0.15) is 5.26 Å². The third-order valence-corrected chi connectivity index (χ3v) is 4.15. The van der Waals surface area contributed by atoms with Crippen molar-refractivity contribution in [1.82, 2.24) is 10.2 Å². The number of carbonyl (C=O) groups is 1. The number of likely N-dealkylation sites (tertiary alicyclic amines) is 1. The van der Waals surface area contributed by atoms with E-state index in [2.05, 4.69) is 16.3 Å². The Morgan fingerprint density at radius 2 is 2.16 bits per heavy atom. The lowest BCUT2D eigenvalue weighted by Crippen LogP contribution is -2.40. The number of nitrogens with one attached hydrogen (secondary N) is 1. The molecule has 1 aliphatic heterocycles. The molecule has 1 saturated heterocycles. The number of nitrogens with two attached hydrogens (primary N) is 1. The first-order valence-corrected chi connectivity index (χ1v) is 7.10. The maximum Gasteiger partial charge on any atom is 0.217 e. The van der Waals surface area contributed by atoms with Crippen LogP contribution in [0.2, 0.25) is 0 Å². The summed E-state index contributed by atoms with van der Waals surface area (Å²) in [7, 11) is 1.83. The monoisotopic (exact) mass is 266 g/mol. The summed E-state index contributed by atoms with van der Waals surface area (Å²) in [5.74, 6) is 0.285. The summed E-state index contributed by atoms with van der Waals surface area (Å²) in [6, 6.07) is 2.31. The van der Waals surface area contributed by atoms with E-state index in [1.807, 2.05) is 14.0 Å². The number of amides is 1. The molecule has 1 aliphatic rings. The molecule has 1 rings (SSSR count). The first-order valence-electron chi connectivity index (χ1n) is 7.10. The van der Waals surface area contributed by atoms with Gasteiger partial charge in [0.1, 0.15) is 5.54 Å². The van der Waals surface area contributed by atoms with Gasteiger partial charge in [0.05, 0.1) is 6.07 Å². The van der Waals surface area contributed by atoms with Crippen molar-refractivity contribution < 1.29 is 4.79 Å². The number of primary amides is 1. The minimum Gasteiger partial charge on any atom is -0.370 e. The Morgan fingerprint density at radius 3 is 2.63 bits per heavy atom. The lowest BCUT2D eigenvalue weighted by atomic mass is 9.92. The summed E-state index contributed by atoms with van der Waals surface area (Å²) in [5.41, 5.74) is 4.81. The zero-order valence-corrected chi connectivity index (χ0v) is 12.1. The molecule has 5 heteroatoms. The minimum absolute atomic E-state index is 0.183. The van der Waals surface area contributed by atoms with Crippen LogP contribution < -0.4 is 11.1 Å². The van der Waals surface area contributed by atoms with E-state index in [-0.39, 0.29) is 5.91 Å². The number of nitriles is 1. The third kappa shape index (κ3) is 5.58. The lowest BCUT2D eigenvalue weighted by Gasteiger charge is -2.32. The smallest absolute Gasteiger partial charge is 0.217 e. The second-order valence-corrected chi connectivity index (χ2v) is 5.75. The standard InChI is InChI=1S/C14H26N4O/c1-14(11-15,17-2)6-3-7-18-8-4-12(5-9-18)10-13(16)19/h12,17H,3-10H2,1-2H3,(H2,16,19). The van der Waals surface area contributed by atoms with Gasteiger partial charge in [0.25, 0.3) is 0 Å². The van der Waals surface area contributed by atoms with Crippen LogP contribution in [-0.2, 0) is 4.79 Å². The van der Waals surface area contributed by atoms with Gasteiger partial charge in [-0.25, -0.2) is 0 Å². The number of rotatable bonds is 7. The van der Waals surface area contributed by atoms with Gasteiger partial charge < -0.3 is 16.0 Å². The number of hydrogen-bond acceptors (Lipinski definition) is 4. The van der Waals surface area contributed by atoms with Gasteiger partial charge in [-0.3, -0.25) is 4.79 Å². The van der Waals surface area contributed by atoms with Crippen molar-refractivity contribution in [2.24, 2.45) is 11.7 Å². The summed E-state index contributed by atoms with van der Waals surface area (Å²) >= 11 is 0. The largest absolute Gasteiger partial charge is 0.370 e. The van der Waals surface area contributed by atoms with Crippen LogP contribution >= 0.6 is 0 Å². The molecular weight excluding hydrogens is 240 g/mol. The fraction of sp³-hybridized carbons (Fsp3) is 0.857. The van der Waals surface area contributed by atoms with Crippen molar-refractivity contribution in [2.45, 2.75) is 44.6 Å².